The van der Waals surface area contributed by atoms with E-state index in [1.165, 1.54) is 11.8 Å². The number of nitrogens with one attached hydrogen (secondary N) is 1. The quantitative estimate of drug-likeness (QED) is 0.371. The normalized spacial score (nSPS) is 10.8. The highest BCUT2D eigenvalue weighted by Crippen LogP contribution is 2.29. The van der Waals surface area contributed by atoms with Crippen molar-refractivity contribution in [2.24, 2.45) is 0 Å². The predicted octanol–water partition coefficient (Wildman–Crippen LogP) is 5.94. The topological polar surface area (TPSA) is 59.8 Å². The summed E-state index contributed by atoms with van der Waals surface area (Å²) in [5, 5.41) is 13.1. The van der Waals surface area contributed by atoms with Crippen LogP contribution in [-0.2, 0) is 4.79 Å². The fourth-order valence-electron chi connectivity index (χ4n) is 3.18. The fourth-order valence-corrected chi connectivity index (χ4v) is 4.06. The molecule has 0 bridgehead atoms. The number of thioether (sulfide) groups is 1. The van der Waals surface area contributed by atoms with Crippen LogP contribution < -0.4 is 5.32 Å². The molecule has 4 aromatic rings. The summed E-state index contributed by atoms with van der Waals surface area (Å²) in [5.41, 5.74) is 4.80. The zero-order chi connectivity index (χ0) is 21.8. The number of amides is 1. The third-order valence-electron chi connectivity index (χ3n) is 4.75. The Morgan fingerprint density at radius 1 is 1.00 bits per heavy atom. The van der Waals surface area contributed by atoms with Crippen LogP contribution in [0.5, 0.6) is 0 Å². The average Bonchev–Trinajstić information content (AvgIpc) is 3.18. The van der Waals surface area contributed by atoms with Crippen LogP contribution in [0, 0.1) is 13.8 Å². The van der Waals surface area contributed by atoms with E-state index < -0.39 is 0 Å². The summed E-state index contributed by atoms with van der Waals surface area (Å²) in [6, 6.07) is 23.3. The van der Waals surface area contributed by atoms with Crippen LogP contribution in [0.1, 0.15) is 11.1 Å². The molecule has 3 aromatic carbocycles. The molecule has 7 heteroatoms. The Balaban J connectivity index is 1.62. The second-order valence-electron chi connectivity index (χ2n) is 7.14. The van der Waals surface area contributed by atoms with Gasteiger partial charge in [-0.1, -0.05) is 53.7 Å². The van der Waals surface area contributed by atoms with Gasteiger partial charge in [0.1, 0.15) is 0 Å². The summed E-state index contributed by atoms with van der Waals surface area (Å²) in [5.74, 6) is 0.828. The third-order valence-corrected chi connectivity index (χ3v) is 5.93. The number of hydrogen-bond acceptors (Lipinski definition) is 4. The first-order valence-corrected chi connectivity index (χ1v) is 11.1. The molecule has 0 radical (unpaired) electrons. The summed E-state index contributed by atoms with van der Waals surface area (Å²) < 4.78 is 1.97. The van der Waals surface area contributed by atoms with Gasteiger partial charge in [0.25, 0.3) is 0 Å². The summed E-state index contributed by atoms with van der Waals surface area (Å²) >= 11 is 7.40. The molecule has 0 spiro atoms. The summed E-state index contributed by atoms with van der Waals surface area (Å²) in [7, 11) is 0. The number of benzene rings is 3. The minimum Gasteiger partial charge on any atom is -0.325 e. The van der Waals surface area contributed by atoms with Crippen LogP contribution >= 0.6 is 23.4 Å². The number of carbonyl (C=O) groups is 1. The van der Waals surface area contributed by atoms with E-state index in [4.69, 9.17) is 11.6 Å². The maximum atomic E-state index is 12.6. The minimum atomic E-state index is -0.0915. The molecule has 156 valence electrons. The second kappa shape index (κ2) is 9.37. The van der Waals surface area contributed by atoms with Crippen LogP contribution in [0.25, 0.3) is 17.1 Å². The van der Waals surface area contributed by atoms with Gasteiger partial charge in [-0.3, -0.25) is 9.36 Å². The van der Waals surface area contributed by atoms with Crippen LogP contribution in [0.15, 0.2) is 78.0 Å². The monoisotopic (exact) mass is 448 g/mol. The molecule has 0 aliphatic carbocycles. The Hall–Kier alpha value is -3.09. The van der Waals surface area contributed by atoms with Crippen molar-refractivity contribution in [3.05, 3.63) is 88.9 Å². The standard InChI is InChI=1S/C24H21ClN4OS/c1-16-6-5-8-20(14-16)29-23(18-10-12-19(25)13-11-18)27-28-24(29)31-15-22(30)26-21-9-4-3-7-17(21)2/h3-14H,15H2,1-2H3,(H,26,30). The molecule has 0 aliphatic heterocycles. The van der Waals surface area contributed by atoms with E-state index in [0.29, 0.717) is 16.0 Å². The number of aryl methyl sites for hydroxylation is 2. The van der Waals surface area contributed by atoms with Crippen molar-refractivity contribution < 1.29 is 4.79 Å². The molecule has 0 fully saturated rings. The van der Waals surface area contributed by atoms with Crippen molar-refractivity contribution in [1.29, 1.82) is 0 Å². The smallest absolute Gasteiger partial charge is 0.234 e. The molecular weight excluding hydrogens is 428 g/mol. The lowest BCUT2D eigenvalue weighted by Gasteiger charge is -2.12. The Labute approximate surface area is 190 Å². The van der Waals surface area contributed by atoms with Crippen molar-refractivity contribution in [2.45, 2.75) is 19.0 Å². The van der Waals surface area contributed by atoms with Crippen molar-refractivity contribution >= 4 is 35.0 Å². The molecule has 0 unspecified atom stereocenters. The van der Waals surface area contributed by atoms with E-state index in [1.807, 2.05) is 85.1 Å². The molecule has 0 saturated carbocycles. The first kappa shape index (κ1) is 21.2. The van der Waals surface area contributed by atoms with Gasteiger partial charge in [0.2, 0.25) is 5.91 Å². The molecule has 4 rings (SSSR count). The lowest BCUT2D eigenvalue weighted by Crippen LogP contribution is -2.15. The lowest BCUT2D eigenvalue weighted by molar-refractivity contribution is -0.113. The molecule has 0 aliphatic rings. The molecule has 1 aromatic heterocycles. The van der Waals surface area contributed by atoms with Crippen molar-refractivity contribution in [3.8, 4) is 17.1 Å². The van der Waals surface area contributed by atoms with E-state index in [1.54, 1.807) is 0 Å². The minimum absolute atomic E-state index is 0.0915. The molecule has 1 heterocycles. The van der Waals surface area contributed by atoms with Crippen molar-refractivity contribution in [1.82, 2.24) is 14.8 Å². The lowest BCUT2D eigenvalue weighted by atomic mass is 10.2. The molecule has 5 nitrogen and oxygen atoms in total. The van der Waals surface area contributed by atoms with Gasteiger partial charge in [-0.25, -0.2) is 0 Å². The van der Waals surface area contributed by atoms with Gasteiger partial charge in [-0.05, 0) is 67.4 Å². The second-order valence-corrected chi connectivity index (χ2v) is 8.52. The van der Waals surface area contributed by atoms with Crippen LogP contribution in [0.2, 0.25) is 5.02 Å². The molecule has 1 N–H and O–H groups in total. The predicted molar refractivity (Wildman–Crippen MR) is 127 cm³/mol. The fraction of sp³-hybridized carbons (Fsp3) is 0.125. The number of halogens is 1. The number of rotatable bonds is 6. The summed E-state index contributed by atoms with van der Waals surface area (Å²) in [6.07, 6.45) is 0. The number of carbonyl (C=O) groups excluding carboxylic acids is 1. The largest absolute Gasteiger partial charge is 0.325 e. The van der Waals surface area contributed by atoms with E-state index in [9.17, 15) is 4.79 Å². The van der Waals surface area contributed by atoms with E-state index in [-0.39, 0.29) is 11.7 Å². The summed E-state index contributed by atoms with van der Waals surface area (Å²) in [6.45, 7) is 4.01. The highest BCUT2D eigenvalue weighted by Gasteiger charge is 2.17. The van der Waals surface area contributed by atoms with Gasteiger partial charge in [-0.2, -0.15) is 0 Å². The Morgan fingerprint density at radius 2 is 1.77 bits per heavy atom. The Morgan fingerprint density at radius 3 is 2.52 bits per heavy atom. The first-order chi connectivity index (χ1) is 15.0. The van der Waals surface area contributed by atoms with Crippen LogP contribution in [-0.4, -0.2) is 26.4 Å². The third kappa shape index (κ3) is 4.98. The molecule has 1 amide bonds. The average molecular weight is 449 g/mol. The highest BCUT2D eigenvalue weighted by molar-refractivity contribution is 7.99. The number of para-hydroxylation sites is 1. The maximum Gasteiger partial charge on any atom is 0.234 e. The summed E-state index contributed by atoms with van der Waals surface area (Å²) in [4.78, 5) is 12.6. The SMILES string of the molecule is Cc1cccc(-n2c(SCC(=O)Nc3ccccc3C)nnc2-c2ccc(Cl)cc2)c1. The van der Waals surface area contributed by atoms with Crippen molar-refractivity contribution in [3.63, 3.8) is 0 Å². The Kier molecular flexibility index (Phi) is 6.39. The van der Waals surface area contributed by atoms with E-state index in [2.05, 4.69) is 21.6 Å². The molecule has 31 heavy (non-hydrogen) atoms. The molecule has 0 atom stereocenters. The van der Waals surface area contributed by atoms with Gasteiger partial charge in [0.05, 0.1) is 5.75 Å². The van der Waals surface area contributed by atoms with Gasteiger partial charge in [0.15, 0.2) is 11.0 Å². The number of nitrogens with zero attached hydrogens (tertiary/aromatic N) is 3. The van der Waals surface area contributed by atoms with Gasteiger partial charge in [0, 0.05) is 22.0 Å². The molecule has 0 saturated heterocycles. The zero-order valence-electron chi connectivity index (χ0n) is 17.2. The van der Waals surface area contributed by atoms with E-state index in [0.717, 1.165) is 28.1 Å². The van der Waals surface area contributed by atoms with Gasteiger partial charge >= 0.3 is 0 Å². The van der Waals surface area contributed by atoms with E-state index >= 15 is 0 Å². The first-order valence-electron chi connectivity index (χ1n) is 9.78. The van der Waals surface area contributed by atoms with Gasteiger partial charge in [-0.15, -0.1) is 10.2 Å². The number of hydrogen-bond donors (Lipinski definition) is 1. The van der Waals surface area contributed by atoms with Crippen molar-refractivity contribution in [2.75, 3.05) is 11.1 Å². The Bertz CT molecular complexity index is 1220. The maximum absolute atomic E-state index is 12.6. The van der Waals surface area contributed by atoms with Crippen LogP contribution in [0.4, 0.5) is 5.69 Å². The number of anilines is 1. The highest BCUT2D eigenvalue weighted by atomic mass is 35.5. The zero-order valence-corrected chi connectivity index (χ0v) is 18.7. The van der Waals surface area contributed by atoms with Gasteiger partial charge < -0.3 is 5.32 Å². The number of aromatic nitrogens is 3. The molecular formula is C24H21ClN4OS. The van der Waals surface area contributed by atoms with Crippen LogP contribution in [0.3, 0.4) is 0 Å².